The molecule has 1 N–H and O–H groups in total. The molecule has 0 spiro atoms. The highest BCUT2D eigenvalue weighted by atomic mass is 16.7. The van der Waals surface area contributed by atoms with E-state index in [0.29, 0.717) is 0 Å². The van der Waals surface area contributed by atoms with Gasteiger partial charge in [0, 0.05) is 0 Å². The molecule has 168 valence electrons. The lowest BCUT2D eigenvalue weighted by Crippen LogP contribution is -2.51. The number of carbonyl (C=O) groups excluding carboxylic acids is 2. The number of esters is 2. The van der Waals surface area contributed by atoms with E-state index in [1.165, 1.54) is 0 Å². The van der Waals surface area contributed by atoms with Gasteiger partial charge in [-0.1, -0.05) is 30.3 Å². The molecule has 1 aliphatic rings. The van der Waals surface area contributed by atoms with E-state index < -0.39 is 46.9 Å². The predicted octanol–water partition coefficient (Wildman–Crippen LogP) is 3.23. The summed E-state index contributed by atoms with van der Waals surface area (Å²) < 4.78 is 22.8. The van der Waals surface area contributed by atoms with Crippen molar-refractivity contribution < 1.29 is 33.6 Å². The molecule has 0 unspecified atom stereocenters. The fourth-order valence-corrected chi connectivity index (χ4v) is 2.83. The second kappa shape index (κ2) is 9.04. The molecule has 2 rings (SSSR count). The molecule has 7 heteroatoms. The fraction of sp³-hybridized carbons (Fsp3) is 0.652. The molecule has 0 saturated carbocycles. The van der Waals surface area contributed by atoms with E-state index in [4.69, 9.17) is 18.9 Å². The molecule has 0 radical (unpaired) electrons. The fourth-order valence-electron chi connectivity index (χ4n) is 2.83. The first-order chi connectivity index (χ1) is 13.7. The molecule has 1 fully saturated rings. The first-order valence-corrected chi connectivity index (χ1v) is 10.1. The van der Waals surface area contributed by atoms with Crippen molar-refractivity contribution in [1.29, 1.82) is 0 Å². The highest BCUT2D eigenvalue weighted by molar-refractivity contribution is 5.76. The van der Waals surface area contributed by atoms with Gasteiger partial charge in [0.2, 0.25) is 0 Å². The lowest BCUT2D eigenvalue weighted by molar-refractivity contribution is -0.206. The van der Waals surface area contributed by atoms with E-state index >= 15 is 0 Å². The maximum Gasteiger partial charge on any atom is 0.311 e. The van der Waals surface area contributed by atoms with Gasteiger partial charge in [-0.15, -0.1) is 0 Å². The van der Waals surface area contributed by atoms with Crippen LogP contribution in [0.2, 0.25) is 0 Å². The van der Waals surface area contributed by atoms with Crippen LogP contribution in [0.1, 0.15) is 54.0 Å². The summed E-state index contributed by atoms with van der Waals surface area (Å²) in [6.07, 6.45) is -3.19. The molecule has 1 aromatic carbocycles. The first kappa shape index (κ1) is 24.3. The van der Waals surface area contributed by atoms with Crippen LogP contribution >= 0.6 is 0 Å². The Morgan fingerprint density at radius 1 is 1.03 bits per heavy atom. The monoisotopic (exact) mass is 422 g/mol. The van der Waals surface area contributed by atoms with E-state index in [9.17, 15) is 14.7 Å². The Morgan fingerprint density at radius 2 is 1.60 bits per heavy atom. The molecule has 0 bridgehead atoms. The average Bonchev–Trinajstić information content (AvgIpc) is 2.88. The van der Waals surface area contributed by atoms with Crippen LogP contribution in [-0.2, 0) is 35.1 Å². The van der Waals surface area contributed by atoms with Gasteiger partial charge in [0.1, 0.15) is 12.7 Å². The zero-order valence-electron chi connectivity index (χ0n) is 18.9. The van der Waals surface area contributed by atoms with E-state index in [0.717, 1.165) is 5.56 Å². The Hall–Kier alpha value is -1.96. The van der Waals surface area contributed by atoms with E-state index in [-0.39, 0.29) is 13.2 Å². The van der Waals surface area contributed by atoms with Crippen molar-refractivity contribution in [2.45, 2.75) is 79.2 Å². The third-order valence-electron chi connectivity index (χ3n) is 4.93. The molecule has 0 aromatic heterocycles. The third-order valence-corrected chi connectivity index (χ3v) is 4.93. The average molecular weight is 423 g/mol. The van der Waals surface area contributed by atoms with Gasteiger partial charge < -0.3 is 24.1 Å². The summed E-state index contributed by atoms with van der Waals surface area (Å²) in [7, 11) is 0. The Kier molecular flexibility index (Phi) is 7.32. The van der Waals surface area contributed by atoms with E-state index in [1.54, 1.807) is 48.5 Å². The van der Waals surface area contributed by atoms with Crippen LogP contribution in [0.15, 0.2) is 30.3 Å². The Morgan fingerprint density at radius 3 is 2.13 bits per heavy atom. The summed E-state index contributed by atoms with van der Waals surface area (Å²) in [4.78, 5) is 24.8. The third kappa shape index (κ3) is 5.80. The van der Waals surface area contributed by atoms with Gasteiger partial charge >= 0.3 is 11.9 Å². The summed E-state index contributed by atoms with van der Waals surface area (Å²) >= 11 is 0. The molecule has 1 aromatic rings. The number of hydrogen-bond donors (Lipinski definition) is 1. The Bertz CT molecular complexity index is 732. The number of hydrogen-bond acceptors (Lipinski definition) is 7. The van der Waals surface area contributed by atoms with Crippen molar-refractivity contribution in [1.82, 2.24) is 0 Å². The van der Waals surface area contributed by atoms with Gasteiger partial charge in [-0.3, -0.25) is 9.59 Å². The normalized spacial score (nSPS) is 27.0. The molecule has 1 aliphatic heterocycles. The van der Waals surface area contributed by atoms with Gasteiger partial charge in [-0.05, 0) is 54.0 Å². The Labute approximate surface area is 178 Å². The van der Waals surface area contributed by atoms with Crippen molar-refractivity contribution >= 4 is 11.9 Å². The van der Waals surface area contributed by atoms with Crippen LogP contribution in [0.5, 0.6) is 0 Å². The van der Waals surface area contributed by atoms with Gasteiger partial charge in [-0.25, -0.2) is 0 Å². The van der Waals surface area contributed by atoms with E-state index in [1.807, 2.05) is 30.3 Å². The molecule has 1 heterocycles. The number of ether oxygens (including phenoxy) is 4. The quantitative estimate of drug-likeness (QED) is 0.704. The minimum atomic E-state index is -1.36. The molecular formula is C23H34O7. The molecular weight excluding hydrogens is 388 g/mol. The topological polar surface area (TPSA) is 91.3 Å². The van der Waals surface area contributed by atoms with Crippen molar-refractivity contribution in [3.63, 3.8) is 0 Å². The summed E-state index contributed by atoms with van der Waals surface area (Å²) in [6, 6.07) is 9.45. The molecule has 7 nitrogen and oxygen atoms in total. The van der Waals surface area contributed by atoms with Crippen LogP contribution in [0, 0.1) is 10.8 Å². The van der Waals surface area contributed by atoms with Crippen LogP contribution in [0.4, 0.5) is 0 Å². The molecule has 4 atom stereocenters. The van der Waals surface area contributed by atoms with Gasteiger partial charge in [-0.2, -0.15) is 0 Å². The SMILES string of the molecule is CC(C)(C)C(=O)OC[C@H]1O[C@H](O)[C@](C)(OCc2ccccc2)[C@@H]1OC(=O)C(C)(C)C. The number of benzene rings is 1. The second-order valence-electron chi connectivity index (χ2n) is 9.91. The highest BCUT2D eigenvalue weighted by Gasteiger charge is 2.57. The van der Waals surface area contributed by atoms with Crippen LogP contribution in [0.25, 0.3) is 0 Å². The predicted molar refractivity (Wildman–Crippen MR) is 110 cm³/mol. The molecule has 0 amide bonds. The summed E-state index contributed by atoms with van der Waals surface area (Å²) in [5, 5.41) is 10.6. The standard InChI is InChI=1S/C23H34O7/c1-21(2,3)18(24)27-14-16-17(30-19(25)22(4,5)6)23(7,20(26)29-16)28-13-15-11-9-8-10-12-15/h8-12,16-17,20,26H,13-14H2,1-7H3/t16-,17-,20+,23-/m1/s1. The zero-order chi connectivity index (χ0) is 22.7. The summed E-state index contributed by atoms with van der Waals surface area (Å²) in [6.45, 7) is 12.1. The summed E-state index contributed by atoms with van der Waals surface area (Å²) in [5.74, 6) is -0.882. The van der Waals surface area contributed by atoms with Crippen molar-refractivity contribution in [3.8, 4) is 0 Å². The van der Waals surface area contributed by atoms with E-state index in [2.05, 4.69) is 0 Å². The molecule has 30 heavy (non-hydrogen) atoms. The van der Waals surface area contributed by atoms with Gasteiger partial charge in [0.25, 0.3) is 0 Å². The van der Waals surface area contributed by atoms with Crippen LogP contribution < -0.4 is 0 Å². The zero-order valence-corrected chi connectivity index (χ0v) is 18.9. The minimum absolute atomic E-state index is 0.167. The number of aliphatic hydroxyl groups excluding tert-OH is 1. The van der Waals surface area contributed by atoms with Crippen molar-refractivity contribution in [2.75, 3.05) is 6.61 Å². The maximum absolute atomic E-state index is 12.6. The first-order valence-electron chi connectivity index (χ1n) is 10.1. The number of carbonyl (C=O) groups is 2. The lowest BCUT2D eigenvalue weighted by atomic mass is 9.94. The summed E-state index contributed by atoms with van der Waals surface area (Å²) in [5.41, 5.74) is -1.90. The lowest BCUT2D eigenvalue weighted by Gasteiger charge is -2.34. The number of rotatable bonds is 6. The highest BCUT2D eigenvalue weighted by Crippen LogP contribution is 2.37. The van der Waals surface area contributed by atoms with Crippen LogP contribution in [0.3, 0.4) is 0 Å². The van der Waals surface area contributed by atoms with Gasteiger partial charge in [0.15, 0.2) is 18.0 Å². The van der Waals surface area contributed by atoms with Crippen LogP contribution in [-0.4, -0.2) is 47.8 Å². The van der Waals surface area contributed by atoms with Crippen molar-refractivity contribution in [2.24, 2.45) is 10.8 Å². The smallest absolute Gasteiger partial charge is 0.311 e. The molecule has 1 saturated heterocycles. The second-order valence-corrected chi connectivity index (χ2v) is 9.91. The minimum Gasteiger partial charge on any atom is -0.462 e. The molecule has 0 aliphatic carbocycles. The number of aliphatic hydroxyl groups is 1. The largest absolute Gasteiger partial charge is 0.462 e. The maximum atomic E-state index is 12.6. The van der Waals surface area contributed by atoms with Crippen molar-refractivity contribution in [3.05, 3.63) is 35.9 Å². The van der Waals surface area contributed by atoms with Gasteiger partial charge in [0.05, 0.1) is 17.4 Å². The Balaban J connectivity index is 2.22.